The summed E-state index contributed by atoms with van der Waals surface area (Å²) in [5.74, 6) is -0.238. The fraction of sp³-hybridized carbons (Fsp3) is 0.946. The molecule has 0 bridgehead atoms. The van der Waals surface area contributed by atoms with Crippen molar-refractivity contribution in [2.75, 3.05) is 27.2 Å². The van der Waals surface area contributed by atoms with Crippen LogP contribution in [0.15, 0.2) is 0 Å². The van der Waals surface area contributed by atoms with Gasteiger partial charge < -0.3 is 14.4 Å². The number of carbonyl (C=O) groups excluding carboxylic acids is 2. The Morgan fingerprint density at radius 3 is 1.43 bits per heavy atom. The Hall–Kier alpha value is -1.10. The summed E-state index contributed by atoms with van der Waals surface area (Å²) < 4.78 is 11.8. The van der Waals surface area contributed by atoms with E-state index in [0.29, 0.717) is 6.42 Å². The van der Waals surface area contributed by atoms with Gasteiger partial charge in [0.25, 0.3) is 0 Å². The molecule has 0 aromatic rings. The maximum atomic E-state index is 13.3. The molecule has 0 rings (SSSR count). The zero-order chi connectivity index (χ0) is 31.1. The molecule has 0 N–H and O–H groups in total. The average molecular weight is 596 g/mol. The topological polar surface area (TPSA) is 55.8 Å². The predicted molar refractivity (Wildman–Crippen MR) is 180 cm³/mol. The molecule has 0 aromatic heterocycles. The Labute approximate surface area is 262 Å². The molecule has 0 aromatic carbocycles. The van der Waals surface area contributed by atoms with Crippen LogP contribution in [0, 0.1) is 5.92 Å². The predicted octanol–water partition coefficient (Wildman–Crippen LogP) is 10.8. The maximum Gasteiger partial charge on any atom is 0.309 e. The highest BCUT2D eigenvalue weighted by atomic mass is 16.6. The Kier molecular flexibility index (Phi) is 30.5. The van der Waals surface area contributed by atoms with Gasteiger partial charge in [0.2, 0.25) is 0 Å². The zero-order valence-corrected chi connectivity index (χ0v) is 29.0. The van der Waals surface area contributed by atoms with Crippen LogP contribution in [0.25, 0.3) is 0 Å². The van der Waals surface area contributed by atoms with E-state index in [4.69, 9.17) is 9.47 Å². The molecule has 0 heterocycles. The summed E-state index contributed by atoms with van der Waals surface area (Å²) in [6, 6.07) is 0. The van der Waals surface area contributed by atoms with Gasteiger partial charge >= 0.3 is 11.9 Å². The minimum atomic E-state index is -0.320. The zero-order valence-electron chi connectivity index (χ0n) is 29.0. The molecule has 42 heavy (non-hydrogen) atoms. The molecule has 0 saturated carbocycles. The van der Waals surface area contributed by atoms with Crippen LogP contribution in [0.2, 0.25) is 0 Å². The lowest BCUT2D eigenvalue weighted by Gasteiger charge is -2.21. The van der Waals surface area contributed by atoms with E-state index in [9.17, 15) is 9.59 Å². The third-order valence-corrected chi connectivity index (χ3v) is 8.47. The van der Waals surface area contributed by atoms with Gasteiger partial charge in [-0.05, 0) is 59.2 Å². The normalized spacial score (nSPS) is 12.3. The van der Waals surface area contributed by atoms with Crippen molar-refractivity contribution in [1.29, 1.82) is 0 Å². The number of unbranched alkanes of at least 4 members (excludes halogenated alkanes) is 18. The fourth-order valence-electron chi connectivity index (χ4n) is 5.64. The molecule has 1 atom stereocenters. The molecule has 0 aliphatic carbocycles. The second-order valence-electron chi connectivity index (χ2n) is 13.1. The molecule has 0 aliphatic heterocycles. The smallest absolute Gasteiger partial charge is 0.309 e. The number of carbonyl (C=O) groups is 2. The first-order chi connectivity index (χ1) is 20.4. The van der Waals surface area contributed by atoms with Crippen molar-refractivity contribution in [3.8, 4) is 0 Å². The molecule has 0 amide bonds. The van der Waals surface area contributed by atoms with Crippen molar-refractivity contribution in [3.05, 3.63) is 0 Å². The maximum absolute atomic E-state index is 13.3. The van der Waals surface area contributed by atoms with Gasteiger partial charge in [-0.3, -0.25) is 9.59 Å². The first kappa shape index (κ1) is 40.9. The molecule has 5 nitrogen and oxygen atoms in total. The number of esters is 2. The van der Waals surface area contributed by atoms with Crippen molar-refractivity contribution >= 4 is 11.9 Å². The lowest BCUT2D eigenvalue weighted by Crippen LogP contribution is -2.28. The van der Waals surface area contributed by atoms with Crippen molar-refractivity contribution in [2.45, 2.75) is 194 Å². The number of nitrogens with zero attached hydrogens (tertiary/aromatic N) is 1. The lowest BCUT2D eigenvalue weighted by molar-refractivity contribution is -0.162. The monoisotopic (exact) mass is 596 g/mol. The third kappa shape index (κ3) is 27.7. The quantitative estimate of drug-likeness (QED) is 0.0572. The van der Waals surface area contributed by atoms with E-state index in [0.717, 1.165) is 64.3 Å². The van der Waals surface area contributed by atoms with Crippen LogP contribution in [-0.2, 0) is 19.1 Å². The molecule has 0 radical (unpaired) electrons. The fourth-order valence-corrected chi connectivity index (χ4v) is 5.64. The van der Waals surface area contributed by atoms with E-state index in [2.05, 4.69) is 39.8 Å². The van der Waals surface area contributed by atoms with E-state index in [1.165, 1.54) is 103 Å². The van der Waals surface area contributed by atoms with E-state index in [-0.39, 0.29) is 30.6 Å². The van der Waals surface area contributed by atoms with Crippen LogP contribution in [0.3, 0.4) is 0 Å². The van der Waals surface area contributed by atoms with Gasteiger partial charge in [0, 0.05) is 6.42 Å². The van der Waals surface area contributed by atoms with E-state index >= 15 is 0 Å². The molecule has 1 unspecified atom stereocenters. The Morgan fingerprint density at radius 1 is 0.548 bits per heavy atom. The summed E-state index contributed by atoms with van der Waals surface area (Å²) in [6.07, 6.45) is 29.4. The van der Waals surface area contributed by atoms with Crippen LogP contribution in [0.1, 0.15) is 188 Å². The number of hydrogen-bond donors (Lipinski definition) is 0. The summed E-state index contributed by atoms with van der Waals surface area (Å²) in [5, 5.41) is 0. The Bertz CT molecular complexity index is 576. The summed E-state index contributed by atoms with van der Waals surface area (Å²) >= 11 is 0. The van der Waals surface area contributed by atoms with Gasteiger partial charge in [-0.25, -0.2) is 0 Å². The molecule has 0 fully saturated rings. The van der Waals surface area contributed by atoms with Gasteiger partial charge in [0.1, 0.15) is 12.7 Å². The molecule has 250 valence electrons. The minimum Gasteiger partial charge on any atom is -0.462 e. The van der Waals surface area contributed by atoms with Crippen LogP contribution in [0.4, 0.5) is 0 Å². The highest BCUT2D eigenvalue weighted by Crippen LogP contribution is 2.22. The molecule has 5 heteroatoms. The average Bonchev–Trinajstić information content (AvgIpc) is 2.97. The van der Waals surface area contributed by atoms with Gasteiger partial charge in [0.15, 0.2) is 0 Å². The highest BCUT2D eigenvalue weighted by Gasteiger charge is 2.22. The van der Waals surface area contributed by atoms with Crippen LogP contribution < -0.4 is 0 Å². The number of rotatable bonds is 32. The van der Waals surface area contributed by atoms with Gasteiger partial charge in [-0.2, -0.15) is 0 Å². The number of ether oxygens (including phenoxy) is 2. The lowest BCUT2D eigenvalue weighted by atomic mass is 9.94. The summed E-state index contributed by atoms with van der Waals surface area (Å²) in [5.41, 5.74) is 0. The summed E-state index contributed by atoms with van der Waals surface area (Å²) in [6.45, 7) is 7.93. The first-order valence-electron chi connectivity index (χ1n) is 18.4. The molecule has 0 spiro atoms. The van der Waals surface area contributed by atoms with Gasteiger partial charge in [0.05, 0.1) is 5.92 Å². The minimum absolute atomic E-state index is 0.0206. The van der Waals surface area contributed by atoms with Crippen LogP contribution in [0.5, 0.6) is 0 Å². The van der Waals surface area contributed by atoms with Crippen LogP contribution >= 0.6 is 0 Å². The Balaban J connectivity index is 4.85. The second-order valence-corrected chi connectivity index (χ2v) is 13.1. The highest BCUT2D eigenvalue weighted by molar-refractivity contribution is 5.72. The van der Waals surface area contributed by atoms with Crippen LogP contribution in [-0.4, -0.2) is 50.2 Å². The van der Waals surface area contributed by atoms with E-state index < -0.39 is 0 Å². The Morgan fingerprint density at radius 2 is 0.976 bits per heavy atom. The van der Waals surface area contributed by atoms with E-state index in [1.807, 2.05) is 0 Å². The molecular formula is C37H73NO4. The summed E-state index contributed by atoms with van der Waals surface area (Å²) in [7, 11) is 4.11. The van der Waals surface area contributed by atoms with Crippen molar-refractivity contribution < 1.29 is 19.1 Å². The van der Waals surface area contributed by atoms with Crippen molar-refractivity contribution in [1.82, 2.24) is 4.90 Å². The number of hydrogen-bond acceptors (Lipinski definition) is 5. The first-order valence-corrected chi connectivity index (χ1v) is 18.4. The third-order valence-electron chi connectivity index (χ3n) is 8.47. The molecular weight excluding hydrogens is 522 g/mol. The van der Waals surface area contributed by atoms with Crippen molar-refractivity contribution in [2.24, 2.45) is 5.92 Å². The van der Waals surface area contributed by atoms with E-state index in [1.54, 1.807) is 0 Å². The van der Waals surface area contributed by atoms with Crippen molar-refractivity contribution in [3.63, 3.8) is 0 Å². The SMILES string of the molecule is CCCCCCCCCC(CCCCCCCCC)C(=O)OCC(CCCCCCCC)OC(=O)CCCCN(C)C. The largest absolute Gasteiger partial charge is 0.462 e. The van der Waals surface area contributed by atoms with Gasteiger partial charge in [-0.1, -0.05) is 143 Å². The second kappa shape index (κ2) is 31.3. The van der Waals surface area contributed by atoms with Gasteiger partial charge in [-0.15, -0.1) is 0 Å². The standard InChI is InChI=1S/C37H73NO4/c1-6-9-12-15-18-20-23-28-34(29-24-21-19-16-13-10-7-2)37(40)41-33-35(30-25-22-17-14-11-8-3)42-36(39)31-26-27-32-38(4)5/h34-35H,6-33H2,1-5H3. The molecule has 0 aliphatic rings. The summed E-state index contributed by atoms with van der Waals surface area (Å²) in [4.78, 5) is 28.1. The molecule has 0 saturated heterocycles.